The van der Waals surface area contributed by atoms with Gasteiger partial charge in [-0.25, -0.2) is 0 Å². The van der Waals surface area contributed by atoms with Crippen LogP contribution in [0.15, 0.2) is 59.1 Å². The van der Waals surface area contributed by atoms with Gasteiger partial charge in [-0.1, -0.05) is 60.1 Å². The molecule has 2 aliphatic rings. The molecule has 1 aromatic heterocycles. The van der Waals surface area contributed by atoms with Crippen LogP contribution in [0.1, 0.15) is 58.6 Å². The lowest BCUT2D eigenvalue weighted by Gasteiger charge is -2.27. The number of aryl methyl sites for hydroxylation is 1. The van der Waals surface area contributed by atoms with Gasteiger partial charge in [0, 0.05) is 56.9 Å². The summed E-state index contributed by atoms with van der Waals surface area (Å²) in [4.78, 5) is 18.3. The third kappa shape index (κ3) is 5.33. The second-order valence-electron chi connectivity index (χ2n) is 9.42. The molecule has 0 atom stereocenters. The predicted molar refractivity (Wildman–Crippen MR) is 134 cm³/mol. The summed E-state index contributed by atoms with van der Waals surface area (Å²) in [6.07, 6.45) is 6.18. The number of rotatable bonds is 3. The Kier molecular flexibility index (Phi) is 7.25. The third-order valence-electron chi connectivity index (χ3n) is 6.97. The first kappa shape index (κ1) is 22.7. The number of benzene rings is 2. The Labute approximate surface area is 201 Å². The highest BCUT2D eigenvalue weighted by molar-refractivity contribution is 5.94. The van der Waals surface area contributed by atoms with Crippen molar-refractivity contribution in [1.82, 2.24) is 15.0 Å². The molecule has 6 heteroatoms. The van der Waals surface area contributed by atoms with Gasteiger partial charge in [-0.05, 0) is 42.9 Å². The highest BCUT2D eigenvalue weighted by Gasteiger charge is 2.28. The van der Waals surface area contributed by atoms with E-state index in [1.807, 2.05) is 11.0 Å². The number of hydrogen-bond donors (Lipinski definition) is 1. The number of fused-ring (bicyclic) bond motifs is 2. The lowest BCUT2D eigenvalue weighted by molar-refractivity contribution is 0.0708. The Morgan fingerprint density at radius 3 is 2.65 bits per heavy atom. The van der Waals surface area contributed by atoms with E-state index in [1.165, 1.54) is 12.0 Å². The monoisotopic (exact) mass is 458 g/mol. The number of nitrogens with zero attached hydrogens (tertiary/aromatic N) is 3. The molecule has 34 heavy (non-hydrogen) atoms. The summed E-state index contributed by atoms with van der Waals surface area (Å²) in [7, 11) is 0. The molecule has 5 rings (SSSR count). The molecule has 1 aliphatic heterocycles. The molecule has 2 aromatic carbocycles. The van der Waals surface area contributed by atoms with Gasteiger partial charge in [0.25, 0.3) is 5.91 Å². The van der Waals surface area contributed by atoms with Crippen molar-refractivity contribution in [3.05, 3.63) is 82.7 Å². The molecule has 1 amide bonds. The number of carbonyl (C=O) groups is 1. The molecular weight excluding hydrogens is 424 g/mol. The van der Waals surface area contributed by atoms with Crippen LogP contribution in [0, 0.1) is 0 Å². The summed E-state index contributed by atoms with van der Waals surface area (Å²) in [5.41, 5.74) is 5.10. The van der Waals surface area contributed by atoms with E-state index in [-0.39, 0.29) is 5.91 Å². The van der Waals surface area contributed by atoms with Crippen molar-refractivity contribution < 1.29 is 9.32 Å². The number of amides is 1. The van der Waals surface area contributed by atoms with Crippen LogP contribution in [0.25, 0.3) is 0 Å². The summed E-state index contributed by atoms with van der Waals surface area (Å²) in [5.74, 6) is 0.895. The lowest BCUT2D eigenvalue weighted by Crippen LogP contribution is -2.39. The van der Waals surface area contributed by atoms with Gasteiger partial charge in [0.05, 0.1) is 0 Å². The SMILES string of the molecule is O=C(c1noc2c1CCCCC2)N1CCN(Cc2ccccc2)CCCNc2ccccc2C1. The zero-order chi connectivity index (χ0) is 23.2. The second-order valence-corrected chi connectivity index (χ2v) is 9.42. The van der Waals surface area contributed by atoms with E-state index in [0.29, 0.717) is 18.8 Å². The van der Waals surface area contributed by atoms with Crippen molar-refractivity contribution in [2.45, 2.75) is 51.6 Å². The molecule has 1 N–H and O–H groups in total. The molecule has 0 fully saturated rings. The van der Waals surface area contributed by atoms with Crippen LogP contribution in [0.4, 0.5) is 5.69 Å². The van der Waals surface area contributed by atoms with Gasteiger partial charge in [-0.2, -0.15) is 0 Å². The molecule has 2 heterocycles. The zero-order valence-electron chi connectivity index (χ0n) is 19.8. The standard InChI is InChI=1S/C28H34N4O2/c33-28(27-24-13-5-2-6-15-26(24)34-30-27)32-19-18-31(20-22-10-3-1-4-11-22)17-9-16-29-25-14-8-7-12-23(25)21-32/h1,3-4,7-8,10-12,14,29H,2,5-6,9,13,15-21H2. The number of nitrogens with one attached hydrogen (secondary N) is 1. The fraction of sp³-hybridized carbons (Fsp3) is 0.429. The summed E-state index contributed by atoms with van der Waals surface area (Å²) < 4.78 is 5.65. The minimum absolute atomic E-state index is 0.0133. The molecule has 3 aromatic rings. The van der Waals surface area contributed by atoms with Crippen molar-refractivity contribution in [2.75, 3.05) is 31.5 Å². The molecule has 0 bridgehead atoms. The van der Waals surface area contributed by atoms with Gasteiger partial charge in [0.2, 0.25) is 0 Å². The maximum Gasteiger partial charge on any atom is 0.276 e. The Balaban J connectivity index is 1.41. The molecule has 0 unspecified atom stereocenters. The molecule has 0 saturated heterocycles. The van der Waals surface area contributed by atoms with Gasteiger partial charge >= 0.3 is 0 Å². The van der Waals surface area contributed by atoms with Crippen LogP contribution >= 0.6 is 0 Å². The van der Waals surface area contributed by atoms with Gasteiger partial charge in [-0.3, -0.25) is 9.69 Å². The average molecular weight is 459 g/mol. The molecule has 1 aliphatic carbocycles. The van der Waals surface area contributed by atoms with Crippen LogP contribution in [0.2, 0.25) is 0 Å². The van der Waals surface area contributed by atoms with E-state index in [4.69, 9.17) is 4.52 Å². The van der Waals surface area contributed by atoms with Gasteiger partial charge < -0.3 is 14.7 Å². The van der Waals surface area contributed by atoms with E-state index in [0.717, 1.165) is 80.9 Å². The summed E-state index contributed by atoms with van der Waals surface area (Å²) in [5, 5.41) is 7.88. The quantitative estimate of drug-likeness (QED) is 0.566. The van der Waals surface area contributed by atoms with Crippen LogP contribution in [0.3, 0.4) is 0 Å². The average Bonchev–Trinajstić information content (AvgIpc) is 3.10. The number of hydrogen-bond acceptors (Lipinski definition) is 5. The smallest absolute Gasteiger partial charge is 0.276 e. The number of aromatic nitrogens is 1. The van der Waals surface area contributed by atoms with E-state index in [9.17, 15) is 4.79 Å². The van der Waals surface area contributed by atoms with Crippen molar-refractivity contribution in [2.24, 2.45) is 0 Å². The normalized spacial score (nSPS) is 17.6. The summed E-state index contributed by atoms with van der Waals surface area (Å²) in [6.45, 7) is 4.81. The molecule has 0 radical (unpaired) electrons. The summed E-state index contributed by atoms with van der Waals surface area (Å²) in [6, 6.07) is 18.9. The van der Waals surface area contributed by atoms with Crippen LogP contribution < -0.4 is 5.32 Å². The van der Waals surface area contributed by atoms with Gasteiger partial charge in [0.1, 0.15) is 5.76 Å². The number of para-hydroxylation sites is 1. The van der Waals surface area contributed by atoms with E-state index < -0.39 is 0 Å². The van der Waals surface area contributed by atoms with Crippen molar-refractivity contribution in [1.29, 1.82) is 0 Å². The maximum atomic E-state index is 13.8. The first-order chi connectivity index (χ1) is 16.8. The molecule has 6 nitrogen and oxygen atoms in total. The predicted octanol–water partition coefficient (Wildman–Crippen LogP) is 4.90. The topological polar surface area (TPSA) is 61.6 Å². The molecule has 0 saturated carbocycles. The van der Waals surface area contributed by atoms with Gasteiger partial charge in [0.15, 0.2) is 5.69 Å². The number of carbonyl (C=O) groups excluding carboxylic acids is 1. The molecular formula is C28H34N4O2. The minimum atomic E-state index is -0.0133. The molecule has 178 valence electrons. The zero-order valence-corrected chi connectivity index (χ0v) is 19.8. The summed E-state index contributed by atoms with van der Waals surface area (Å²) >= 11 is 0. The van der Waals surface area contributed by atoms with Crippen LogP contribution in [0.5, 0.6) is 0 Å². The van der Waals surface area contributed by atoms with E-state index >= 15 is 0 Å². The highest BCUT2D eigenvalue weighted by atomic mass is 16.5. The minimum Gasteiger partial charge on any atom is -0.385 e. The second kappa shape index (κ2) is 10.9. The van der Waals surface area contributed by atoms with Gasteiger partial charge in [-0.15, -0.1) is 0 Å². The first-order valence-electron chi connectivity index (χ1n) is 12.6. The van der Waals surface area contributed by atoms with Crippen LogP contribution in [-0.4, -0.2) is 47.0 Å². The Morgan fingerprint density at radius 1 is 0.912 bits per heavy atom. The van der Waals surface area contributed by atoms with E-state index in [1.54, 1.807) is 0 Å². The number of anilines is 1. The third-order valence-corrected chi connectivity index (χ3v) is 6.97. The Bertz CT molecular complexity index is 1090. The fourth-order valence-corrected chi connectivity index (χ4v) is 5.07. The van der Waals surface area contributed by atoms with Crippen molar-refractivity contribution in [3.63, 3.8) is 0 Å². The highest BCUT2D eigenvalue weighted by Crippen LogP contribution is 2.26. The Morgan fingerprint density at radius 2 is 1.74 bits per heavy atom. The van der Waals surface area contributed by atoms with Crippen molar-refractivity contribution >= 4 is 11.6 Å². The fourth-order valence-electron chi connectivity index (χ4n) is 5.07. The van der Waals surface area contributed by atoms with Crippen LogP contribution in [-0.2, 0) is 25.9 Å². The maximum absolute atomic E-state index is 13.8. The van der Waals surface area contributed by atoms with Crippen molar-refractivity contribution in [3.8, 4) is 0 Å². The van der Waals surface area contributed by atoms with E-state index in [2.05, 4.69) is 63.9 Å². The first-order valence-corrected chi connectivity index (χ1v) is 12.6. The Hall–Kier alpha value is -3.12. The molecule has 0 spiro atoms. The lowest BCUT2D eigenvalue weighted by atomic mass is 10.1. The largest absolute Gasteiger partial charge is 0.385 e.